The highest BCUT2D eigenvalue weighted by molar-refractivity contribution is 5.57. The van der Waals surface area contributed by atoms with Crippen LogP contribution in [0.1, 0.15) is 0 Å². The van der Waals surface area contributed by atoms with E-state index in [4.69, 9.17) is 9.47 Å². The van der Waals surface area contributed by atoms with Crippen molar-refractivity contribution < 1.29 is 9.47 Å². The van der Waals surface area contributed by atoms with Gasteiger partial charge in [-0.25, -0.2) is 4.68 Å². The Kier molecular flexibility index (Phi) is 4.87. The first kappa shape index (κ1) is 12.7. The third-order valence-electron chi connectivity index (χ3n) is 2.57. The van der Waals surface area contributed by atoms with Crippen LogP contribution in [0.25, 0.3) is 11.3 Å². The molecule has 96 valence electrons. The summed E-state index contributed by atoms with van der Waals surface area (Å²) in [6.45, 7) is 2.51. The van der Waals surface area contributed by atoms with Crippen molar-refractivity contribution in [2.75, 3.05) is 26.9 Å². The molecule has 2 rings (SSSR count). The van der Waals surface area contributed by atoms with E-state index in [0.29, 0.717) is 26.4 Å². The molecule has 0 radical (unpaired) electrons. The number of rotatable bonds is 7. The Morgan fingerprint density at radius 1 is 1.11 bits per heavy atom. The van der Waals surface area contributed by atoms with E-state index in [1.54, 1.807) is 13.3 Å². The van der Waals surface area contributed by atoms with Crippen LogP contribution in [0.15, 0.2) is 36.5 Å². The summed E-state index contributed by atoms with van der Waals surface area (Å²) in [5, 5.41) is 8.01. The van der Waals surface area contributed by atoms with E-state index in [1.165, 1.54) is 0 Å². The quantitative estimate of drug-likeness (QED) is 0.697. The molecule has 5 heteroatoms. The van der Waals surface area contributed by atoms with E-state index >= 15 is 0 Å². The summed E-state index contributed by atoms with van der Waals surface area (Å²) >= 11 is 0. The third kappa shape index (κ3) is 3.38. The first-order chi connectivity index (χ1) is 8.92. The smallest absolute Gasteiger partial charge is 0.0886 e. The molecule has 0 fully saturated rings. The molecule has 0 aliphatic carbocycles. The van der Waals surface area contributed by atoms with Crippen molar-refractivity contribution in [3.8, 4) is 11.3 Å². The molecule has 0 saturated heterocycles. The van der Waals surface area contributed by atoms with E-state index in [9.17, 15) is 0 Å². The van der Waals surface area contributed by atoms with Gasteiger partial charge in [-0.1, -0.05) is 35.5 Å². The van der Waals surface area contributed by atoms with Gasteiger partial charge in [-0.15, -0.1) is 5.10 Å². The molecule has 1 aromatic carbocycles. The summed E-state index contributed by atoms with van der Waals surface area (Å²) in [5.41, 5.74) is 2.12. The molecule has 0 N–H and O–H groups in total. The van der Waals surface area contributed by atoms with Crippen LogP contribution in [-0.4, -0.2) is 41.9 Å². The molecule has 2 aromatic rings. The van der Waals surface area contributed by atoms with E-state index in [1.807, 2.05) is 35.0 Å². The van der Waals surface area contributed by atoms with E-state index < -0.39 is 0 Å². The van der Waals surface area contributed by atoms with Crippen molar-refractivity contribution in [2.24, 2.45) is 0 Å². The molecule has 1 aromatic heterocycles. The largest absolute Gasteiger partial charge is 0.382 e. The number of benzene rings is 1. The SMILES string of the molecule is COCCOCCn1nncc1-c1ccccc1. The zero-order valence-corrected chi connectivity index (χ0v) is 10.5. The van der Waals surface area contributed by atoms with Crippen LogP contribution < -0.4 is 0 Å². The molecular formula is C13H17N3O2. The Hall–Kier alpha value is -1.72. The van der Waals surface area contributed by atoms with Crippen LogP contribution in [0, 0.1) is 0 Å². The van der Waals surface area contributed by atoms with Crippen molar-refractivity contribution in [3.63, 3.8) is 0 Å². The molecule has 0 unspecified atom stereocenters. The van der Waals surface area contributed by atoms with Crippen LogP contribution in [0.3, 0.4) is 0 Å². The van der Waals surface area contributed by atoms with Crippen LogP contribution >= 0.6 is 0 Å². The number of aromatic nitrogens is 3. The summed E-state index contributed by atoms with van der Waals surface area (Å²) in [7, 11) is 1.66. The Balaban J connectivity index is 1.92. The average molecular weight is 247 g/mol. The number of nitrogens with zero attached hydrogens (tertiary/aromatic N) is 3. The summed E-state index contributed by atoms with van der Waals surface area (Å²) in [6.07, 6.45) is 1.77. The number of hydrogen-bond donors (Lipinski definition) is 0. The summed E-state index contributed by atoms with van der Waals surface area (Å²) in [6, 6.07) is 10.1. The fourth-order valence-electron chi connectivity index (χ4n) is 1.65. The van der Waals surface area contributed by atoms with E-state index in [-0.39, 0.29) is 0 Å². The Morgan fingerprint density at radius 2 is 1.94 bits per heavy atom. The highest BCUT2D eigenvalue weighted by Crippen LogP contribution is 2.16. The minimum atomic E-state index is 0.603. The lowest BCUT2D eigenvalue weighted by molar-refractivity contribution is 0.0654. The van der Waals surface area contributed by atoms with Gasteiger partial charge in [0.2, 0.25) is 0 Å². The molecule has 18 heavy (non-hydrogen) atoms. The van der Waals surface area contributed by atoms with Gasteiger partial charge in [-0.05, 0) is 0 Å². The maximum atomic E-state index is 5.42. The number of hydrogen-bond acceptors (Lipinski definition) is 4. The van der Waals surface area contributed by atoms with Gasteiger partial charge in [0.25, 0.3) is 0 Å². The molecule has 0 atom stereocenters. The van der Waals surface area contributed by atoms with Crippen LogP contribution in [0.5, 0.6) is 0 Å². The molecule has 0 aliphatic rings. The van der Waals surface area contributed by atoms with E-state index in [0.717, 1.165) is 11.3 Å². The molecule has 5 nitrogen and oxygen atoms in total. The topological polar surface area (TPSA) is 49.2 Å². The molecule has 0 saturated carbocycles. The fourth-order valence-corrected chi connectivity index (χ4v) is 1.65. The fraction of sp³-hybridized carbons (Fsp3) is 0.385. The van der Waals surface area contributed by atoms with Gasteiger partial charge < -0.3 is 9.47 Å². The van der Waals surface area contributed by atoms with Gasteiger partial charge in [0.05, 0.1) is 38.3 Å². The molecule has 0 amide bonds. The molecule has 0 spiro atoms. The van der Waals surface area contributed by atoms with Gasteiger partial charge in [0.1, 0.15) is 0 Å². The Bertz CT molecular complexity index is 456. The van der Waals surface area contributed by atoms with Gasteiger partial charge in [-0.3, -0.25) is 0 Å². The number of methoxy groups -OCH3 is 1. The molecule has 0 bridgehead atoms. The second-order valence-corrected chi connectivity index (χ2v) is 3.81. The number of ether oxygens (including phenoxy) is 2. The van der Waals surface area contributed by atoms with Gasteiger partial charge in [0, 0.05) is 12.7 Å². The first-order valence-electron chi connectivity index (χ1n) is 5.92. The van der Waals surface area contributed by atoms with Crippen molar-refractivity contribution >= 4 is 0 Å². The third-order valence-corrected chi connectivity index (χ3v) is 2.57. The lowest BCUT2D eigenvalue weighted by Crippen LogP contribution is -2.11. The van der Waals surface area contributed by atoms with Gasteiger partial charge in [0.15, 0.2) is 0 Å². The minimum absolute atomic E-state index is 0.603. The highest BCUT2D eigenvalue weighted by Gasteiger charge is 2.05. The zero-order valence-electron chi connectivity index (χ0n) is 10.5. The van der Waals surface area contributed by atoms with Crippen LogP contribution in [0.2, 0.25) is 0 Å². The zero-order chi connectivity index (χ0) is 12.6. The normalized spacial score (nSPS) is 10.7. The standard InChI is InChI=1S/C13H17N3O2/c1-17-9-10-18-8-7-16-13(11-14-15-16)12-5-3-2-4-6-12/h2-6,11H,7-10H2,1H3. The predicted octanol–water partition coefficient (Wildman–Crippen LogP) is 1.61. The molecule has 0 aliphatic heterocycles. The maximum Gasteiger partial charge on any atom is 0.0886 e. The summed E-state index contributed by atoms with van der Waals surface area (Å²) in [4.78, 5) is 0. The predicted molar refractivity (Wildman–Crippen MR) is 68.2 cm³/mol. The second-order valence-electron chi connectivity index (χ2n) is 3.81. The van der Waals surface area contributed by atoms with Gasteiger partial charge in [-0.2, -0.15) is 0 Å². The van der Waals surface area contributed by atoms with Crippen LogP contribution in [-0.2, 0) is 16.0 Å². The monoisotopic (exact) mass is 247 g/mol. The minimum Gasteiger partial charge on any atom is -0.382 e. The summed E-state index contributed by atoms with van der Waals surface area (Å²) < 4.78 is 12.2. The van der Waals surface area contributed by atoms with Crippen molar-refractivity contribution in [2.45, 2.75) is 6.54 Å². The lowest BCUT2D eigenvalue weighted by atomic mass is 10.2. The lowest BCUT2D eigenvalue weighted by Gasteiger charge is -2.07. The average Bonchev–Trinajstić information content (AvgIpc) is 2.88. The second kappa shape index (κ2) is 6.88. The summed E-state index contributed by atoms with van der Waals surface area (Å²) in [5.74, 6) is 0. The maximum absolute atomic E-state index is 5.42. The Morgan fingerprint density at radius 3 is 2.72 bits per heavy atom. The van der Waals surface area contributed by atoms with Crippen molar-refractivity contribution in [1.29, 1.82) is 0 Å². The van der Waals surface area contributed by atoms with Gasteiger partial charge >= 0.3 is 0 Å². The Labute approximate surface area is 106 Å². The van der Waals surface area contributed by atoms with Crippen molar-refractivity contribution in [3.05, 3.63) is 36.5 Å². The molecular weight excluding hydrogens is 230 g/mol. The van der Waals surface area contributed by atoms with E-state index in [2.05, 4.69) is 10.3 Å². The first-order valence-corrected chi connectivity index (χ1v) is 5.92. The van der Waals surface area contributed by atoms with Crippen LogP contribution in [0.4, 0.5) is 0 Å². The molecule has 1 heterocycles. The highest BCUT2D eigenvalue weighted by atomic mass is 16.5. The van der Waals surface area contributed by atoms with Crippen molar-refractivity contribution in [1.82, 2.24) is 15.0 Å².